The van der Waals surface area contributed by atoms with Gasteiger partial charge in [-0.3, -0.25) is 0 Å². The molecule has 0 aliphatic carbocycles. The minimum atomic E-state index is -1.62. The van der Waals surface area contributed by atoms with Crippen LogP contribution < -0.4 is 9.47 Å². The van der Waals surface area contributed by atoms with Crippen LogP contribution in [0.15, 0.2) is 48.5 Å². The number of methoxy groups -OCH3 is 1. The van der Waals surface area contributed by atoms with Crippen LogP contribution in [-0.2, 0) is 20.7 Å². The summed E-state index contributed by atoms with van der Waals surface area (Å²) in [4.78, 5) is 12.7. The van der Waals surface area contributed by atoms with Gasteiger partial charge in [-0.05, 0) is 34.9 Å². The molecule has 0 unspecified atom stereocenters. The Morgan fingerprint density at radius 2 is 1.76 bits per heavy atom. The second-order valence-electron chi connectivity index (χ2n) is 8.07. The van der Waals surface area contributed by atoms with E-state index in [1.54, 1.807) is 30.3 Å². The molecular formula is C24H26O10. The van der Waals surface area contributed by atoms with E-state index in [1.165, 1.54) is 25.3 Å². The van der Waals surface area contributed by atoms with Crippen molar-refractivity contribution in [1.29, 1.82) is 0 Å². The highest BCUT2D eigenvalue weighted by Gasteiger charge is 2.45. The number of phenolic OH excluding ortho intramolecular Hbond substituents is 1. The lowest BCUT2D eigenvalue weighted by Gasteiger charge is -2.41. The van der Waals surface area contributed by atoms with Gasteiger partial charge in [0.1, 0.15) is 41.7 Å². The molecule has 10 heteroatoms. The van der Waals surface area contributed by atoms with Crippen molar-refractivity contribution in [2.24, 2.45) is 0 Å². The van der Waals surface area contributed by atoms with E-state index < -0.39 is 49.4 Å². The molecule has 2 aromatic carbocycles. The van der Waals surface area contributed by atoms with Crippen molar-refractivity contribution in [1.82, 2.24) is 0 Å². The average molecular weight is 474 g/mol. The first-order valence-corrected chi connectivity index (χ1v) is 10.7. The first-order chi connectivity index (χ1) is 16.3. The molecule has 2 aromatic rings. The third-order valence-corrected chi connectivity index (χ3v) is 5.86. The summed E-state index contributed by atoms with van der Waals surface area (Å²) < 4.78 is 22.3. The molecule has 6 atom stereocenters. The second-order valence-corrected chi connectivity index (χ2v) is 8.07. The van der Waals surface area contributed by atoms with Gasteiger partial charge in [0.25, 0.3) is 0 Å². The summed E-state index contributed by atoms with van der Waals surface area (Å²) in [5.74, 6) is 0.107. The van der Waals surface area contributed by atoms with Gasteiger partial charge < -0.3 is 44.5 Å². The van der Waals surface area contributed by atoms with Crippen LogP contribution in [0.3, 0.4) is 0 Å². The quantitative estimate of drug-likeness (QED) is 0.298. The molecule has 10 nitrogen and oxygen atoms in total. The van der Waals surface area contributed by atoms with Gasteiger partial charge in [-0.25, -0.2) is 4.79 Å². The Hall–Kier alpha value is -2.99. The maximum absolute atomic E-state index is 12.7. The predicted molar refractivity (Wildman–Crippen MR) is 117 cm³/mol. The van der Waals surface area contributed by atoms with Crippen molar-refractivity contribution >= 4 is 11.5 Å². The number of ether oxygens (including phenoxy) is 4. The van der Waals surface area contributed by atoms with Crippen molar-refractivity contribution in [3.05, 3.63) is 59.7 Å². The number of hydrogen-bond donors (Lipinski definition) is 5. The molecule has 0 bridgehead atoms. The molecule has 4 rings (SSSR count). The maximum Gasteiger partial charge on any atom is 0.336 e. The van der Waals surface area contributed by atoms with Gasteiger partial charge in [0.05, 0.1) is 19.8 Å². The minimum absolute atomic E-state index is 0.0293. The molecule has 1 fully saturated rings. The monoisotopic (exact) mass is 474 g/mol. The van der Waals surface area contributed by atoms with E-state index in [9.17, 15) is 30.3 Å². The first kappa shape index (κ1) is 24.1. The number of rotatable bonds is 5. The molecular weight excluding hydrogens is 448 g/mol. The molecule has 0 aromatic heterocycles. The number of fused-ring (bicyclic) bond motifs is 1. The van der Waals surface area contributed by atoms with Crippen LogP contribution in [0.25, 0.3) is 5.57 Å². The van der Waals surface area contributed by atoms with Crippen molar-refractivity contribution in [2.45, 2.75) is 43.2 Å². The van der Waals surface area contributed by atoms with Gasteiger partial charge in [0.15, 0.2) is 6.29 Å². The summed E-state index contributed by atoms with van der Waals surface area (Å²) >= 11 is 0. The Kier molecular flexibility index (Phi) is 7.17. The number of aliphatic hydroxyl groups is 4. The summed E-state index contributed by atoms with van der Waals surface area (Å²) in [7, 11) is 1.49. The molecule has 182 valence electrons. The molecule has 2 heterocycles. The van der Waals surface area contributed by atoms with Gasteiger partial charge >= 0.3 is 5.97 Å². The zero-order valence-corrected chi connectivity index (χ0v) is 18.3. The van der Waals surface area contributed by atoms with Crippen molar-refractivity contribution in [3.8, 4) is 17.2 Å². The second kappa shape index (κ2) is 10.1. The summed E-state index contributed by atoms with van der Waals surface area (Å²) in [5, 5.41) is 49.9. The summed E-state index contributed by atoms with van der Waals surface area (Å²) in [5.41, 5.74) is 1.53. The predicted octanol–water partition coefficient (Wildman–Crippen LogP) is 0.131. The Balaban J connectivity index is 1.73. The van der Waals surface area contributed by atoms with Gasteiger partial charge in [-0.1, -0.05) is 18.2 Å². The Bertz CT molecular complexity index is 1050. The van der Waals surface area contributed by atoms with Gasteiger partial charge in [-0.15, -0.1) is 0 Å². The SMILES string of the molecule is COc1ccc2c(c1)OC(=O)C=C(c1ccc(O)cc1)[C@@H](O[C@H]1O[C@@H](CO)[C@H](O)[C@H](O)[C@@H]1O)C2. The van der Waals surface area contributed by atoms with E-state index in [0.29, 0.717) is 22.4 Å². The van der Waals surface area contributed by atoms with Crippen LogP contribution in [-0.4, -0.2) is 82.0 Å². The number of esters is 1. The molecule has 0 saturated carbocycles. The van der Waals surface area contributed by atoms with Crippen LogP contribution in [0.1, 0.15) is 11.1 Å². The number of carbonyl (C=O) groups excluding carboxylic acids is 1. The molecule has 1 saturated heterocycles. The van der Waals surface area contributed by atoms with Crippen molar-refractivity contribution in [2.75, 3.05) is 13.7 Å². The fourth-order valence-corrected chi connectivity index (χ4v) is 3.98. The van der Waals surface area contributed by atoms with E-state index >= 15 is 0 Å². The largest absolute Gasteiger partial charge is 0.508 e. The molecule has 0 amide bonds. The van der Waals surface area contributed by atoms with Crippen molar-refractivity contribution in [3.63, 3.8) is 0 Å². The van der Waals surface area contributed by atoms with Crippen molar-refractivity contribution < 1.29 is 49.3 Å². The average Bonchev–Trinajstić information content (AvgIpc) is 2.83. The Labute approximate surface area is 195 Å². The van der Waals surface area contributed by atoms with Crippen LogP contribution in [0, 0.1) is 0 Å². The Morgan fingerprint density at radius 3 is 2.44 bits per heavy atom. The van der Waals surface area contributed by atoms with E-state index in [4.69, 9.17) is 18.9 Å². The molecule has 2 aliphatic rings. The number of aromatic hydroxyl groups is 1. The molecule has 34 heavy (non-hydrogen) atoms. The number of aliphatic hydroxyl groups excluding tert-OH is 4. The van der Waals surface area contributed by atoms with E-state index in [-0.39, 0.29) is 17.9 Å². The van der Waals surface area contributed by atoms with Crippen LogP contribution in [0.2, 0.25) is 0 Å². The third-order valence-electron chi connectivity index (χ3n) is 5.86. The smallest absolute Gasteiger partial charge is 0.336 e. The highest BCUT2D eigenvalue weighted by molar-refractivity contribution is 5.94. The summed E-state index contributed by atoms with van der Waals surface area (Å²) in [6, 6.07) is 11.1. The normalized spacial score (nSPS) is 29.3. The standard InChI is InChI=1S/C24H26O10/c1-31-15-7-4-13-8-18(33-24-23(30)22(29)21(28)19(11-25)34-24)16(10-20(27)32-17(13)9-15)12-2-5-14(26)6-3-12/h2-7,9-10,18-19,21-26,28-30H,8,11H2,1H3/t18-,19-,21-,22-,23-,24-/m0/s1. The van der Waals surface area contributed by atoms with E-state index in [0.717, 1.165) is 0 Å². The maximum atomic E-state index is 12.7. The van der Waals surface area contributed by atoms with Gasteiger partial charge in [0.2, 0.25) is 0 Å². The number of phenols is 1. The van der Waals surface area contributed by atoms with E-state index in [1.807, 2.05) is 0 Å². The highest BCUT2D eigenvalue weighted by Crippen LogP contribution is 2.35. The summed E-state index contributed by atoms with van der Waals surface area (Å²) in [6.45, 7) is -0.606. The zero-order valence-electron chi connectivity index (χ0n) is 18.3. The van der Waals surface area contributed by atoms with E-state index in [2.05, 4.69) is 0 Å². The number of hydrogen-bond acceptors (Lipinski definition) is 10. The fraction of sp³-hybridized carbons (Fsp3) is 0.375. The molecule has 0 radical (unpaired) electrons. The lowest BCUT2D eigenvalue weighted by atomic mass is 9.93. The minimum Gasteiger partial charge on any atom is -0.508 e. The fourth-order valence-electron chi connectivity index (χ4n) is 3.98. The third kappa shape index (κ3) is 4.92. The topological polar surface area (TPSA) is 155 Å². The van der Waals surface area contributed by atoms with Gasteiger partial charge in [-0.2, -0.15) is 0 Å². The highest BCUT2D eigenvalue weighted by atomic mass is 16.7. The lowest BCUT2D eigenvalue weighted by Crippen LogP contribution is -2.59. The zero-order chi connectivity index (χ0) is 24.4. The Morgan fingerprint density at radius 1 is 1.03 bits per heavy atom. The van der Waals surface area contributed by atoms with Gasteiger partial charge in [0, 0.05) is 18.6 Å². The number of carbonyl (C=O) groups is 1. The molecule has 2 aliphatic heterocycles. The molecule has 0 spiro atoms. The first-order valence-electron chi connectivity index (χ1n) is 10.7. The summed E-state index contributed by atoms with van der Waals surface area (Å²) in [6.07, 6.45) is -6.81. The molecule has 5 N–H and O–H groups in total. The van der Waals surface area contributed by atoms with Crippen LogP contribution in [0.5, 0.6) is 17.2 Å². The van der Waals surface area contributed by atoms with Crippen LogP contribution in [0.4, 0.5) is 0 Å². The lowest BCUT2D eigenvalue weighted by molar-refractivity contribution is -0.306. The van der Waals surface area contributed by atoms with Crippen LogP contribution >= 0.6 is 0 Å². The number of benzene rings is 2.